The van der Waals surface area contributed by atoms with Crippen LogP contribution < -0.4 is 5.32 Å². The molecule has 0 aliphatic carbocycles. The van der Waals surface area contributed by atoms with Crippen LogP contribution in [0.3, 0.4) is 0 Å². The smallest absolute Gasteiger partial charge is 0.127 e. The van der Waals surface area contributed by atoms with Crippen molar-refractivity contribution in [3.8, 4) is 0 Å². The second kappa shape index (κ2) is 6.67. The summed E-state index contributed by atoms with van der Waals surface area (Å²) >= 11 is 3.41. The van der Waals surface area contributed by atoms with E-state index >= 15 is 0 Å². The Hall–Kier alpha value is -0.410. The van der Waals surface area contributed by atoms with Gasteiger partial charge in [-0.1, -0.05) is 36.7 Å². The molecule has 1 rings (SSSR count). The second-order valence-electron chi connectivity index (χ2n) is 5.57. The van der Waals surface area contributed by atoms with Crippen molar-refractivity contribution in [1.82, 2.24) is 5.32 Å². The zero-order valence-corrected chi connectivity index (χ0v) is 13.3. The van der Waals surface area contributed by atoms with Gasteiger partial charge in [-0.2, -0.15) is 0 Å². The van der Waals surface area contributed by atoms with Crippen molar-refractivity contribution >= 4 is 15.9 Å². The van der Waals surface area contributed by atoms with Gasteiger partial charge in [-0.15, -0.1) is 0 Å². The van der Waals surface area contributed by atoms with E-state index in [0.29, 0.717) is 6.04 Å². The summed E-state index contributed by atoms with van der Waals surface area (Å²) in [4.78, 5) is 0. The summed E-state index contributed by atoms with van der Waals surface area (Å²) in [6.45, 7) is 9.52. The largest absolute Gasteiger partial charge is 0.314 e. The van der Waals surface area contributed by atoms with Crippen LogP contribution in [0.25, 0.3) is 0 Å². The molecule has 0 fully saturated rings. The third kappa shape index (κ3) is 4.36. The SMILES string of the molecule is CCCNC(C)CC(C)(C)c1cc(Br)ccc1F. The summed E-state index contributed by atoms with van der Waals surface area (Å²) in [5, 5.41) is 3.46. The lowest BCUT2D eigenvalue weighted by Crippen LogP contribution is -2.34. The molecule has 1 aromatic carbocycles. The molecular weight excluding hydrogens is 293 g/mol. The molecule has 0 amide bonds. The van der Waals surface area contributed by atoms with Crippen LogP contribution in [0, 0.1) is 5.82 Å². The molecule has 1 N–H and O–H groups in total. The van der Waals surface area contributed by atoms with Crippen LogP contribution >= 0.6 is 15.9 Å². The second-order valence-corrected chi connectivity index (χ2v) is 6.48. The molecule has 1 nitrogen and oxygen atoms in total. The molecule has 1 aromatic rings. The minimum atomic E-state index is -0.173. The quantitative estimate of drug-likeness (QED) is 0.806. The fraction of sp³-hybridized carbons (Fsp3) is 0.600. The number of rotatable bonds is 6. The molecule has 0 spiro atoms. The van der Waals surface area contributed by atoms with Gasteiger partial charge in [-0.25, -0.2) is 4.39 Å². The summed E-state index contributed by atoms with van der Waals surface area (Å²) in [6, 6.07) is 5.55. The standard InChI is InChI=1S/C15H23BrFN/c1-5-8-18-11(2)10-15(3,4)13-9-12(16)6-7-14(13)17/h6-7,9,11,18H,5,8,10H2,1-4H3. The molecule has 1 unspecified atom stereocenters. The Bertz CT molecular complexity index is 390. The molecule has 0 aliphatic rings. The number of hydrogen-bond acceptors (Lipinski definition) is 1. The normalized spacial score (nSPS) is 13.7. The molecule has 0 bridgehead atoms. The Balaban J connectivity index is 2.81. The van der Waals surface area contributed by atoms with Crippen molar-refractivity contribution in [2.75, 3.05) is 6.54 Å². The number of benzene rings is 1. The first kappa shape index (κ1) is 15.6. The van der Waals surface area contributed by atoms with E-state index in [-0.39, 0.29) is 11.2 Å². The molecular formula is C15H23BrFN. The molecule has 0 heterocycles. The van der Waals surface area contributed by atoms with E-state index in [2.05, 4.69) is 48.9 Å². The third-order valence-electron chi connectivity index (χ3n) is 3.22. The van der Waals surface area contributed by atoms with Crippen molar-refractivity contribution < 1.29 is 4.39 Å². The van der Waals surface area contributed by atoms with Crippen molar-refractivity contribution in [3.05, 3.63) is 34.1 Å². The van der Waals surface area contributed by atoms with Gasteiger partial charge in [-0.3, -0.25) is 0 Å². The maximum atomic E-state index is 13.9. The van der Waals surface area contributed by atoms with Gasteiger partial charge in [0.05, 0.1) is 0 Å². The van der Waals surface area contributed by atoms with Crippen molar-refractivity contribution in [3.63, 3.8) is 0 Å². The number of nitrogens with one attached hydrogen (secondary N) is 1. The van der Waals surface area contributed by atoms with Crippen molar-refractivity contribution in [2.24, 2.45) is 0 Å². The third-order valence-corrected chi connectivity index (χ3v) is 3.71. The van der Waals surface area contributed by atoms with Crippen LogP contribution in [-0.4, -0.2) is 12.6 Å². The van der Waals surface area contributed by atoms with Gasteiger partial charge in [0.1, 0.15) is 5.82 Å². The average molecular weight is 316 g/mol. The summed E-state index contributed by atoms with van der Waals surface area (Å²) in [5.41, 5.74) is 0.607. The van der Waals surface area contributed by atoms with E-state index in [9.17, 15) is 4.39 Å². The first-order valence-corrected chi connectivity index (χ1v) is 7.35. The van der Waals surface area contributed by atoms with E-state index in [1.807, 2.05) is 6.07 Å². The van der Waals surface area contributed by atoms with Gasteiger partial charge in [0.2, 0.25) is 0 Å². The van der Waals surface area contributed by atoms with Crippen LogP contribution in [-0.2, 0) is 5.41 Å². The lowest BCUT2D eigenvalue weighted by molar-refractivity contribution is 0.377. The van der Waals surface area contributed by atoms with Gasteiger partial charge in [0.25, 0.3) is 0 Å². The Morgan fingerprint density at radius 2 is 2.06 bits per heavy atom. The summed E-state index contributed by atoms with van der Waals surface area (Å²) in [6.07, 6.45) is 2.04. The highest BCUT2D eigenvalue weighted by molar-refractivity contribution is 9.10. The summed E-state index contributed by atoms with van der Waals surface area (Å²) in [7, 11) is 0. The minimum absolute atomic E-state index is 0.120. The fourth-order valence-electron chi connectivity index (χ4n) is 2.35. The van der Waals surface area contributed by atoms with Gasteiger partial charge >= 0.3 is 0 Å². The fourth-order valence-corrected chi connectivity index (χ4v) is 2.72. The average Bonchev–Trinajstić information content (AvgIpc) is 2.29. The summed E-state index contributed by atoms with van der Waals surface area (Å²) in [5.74, 6) is -0.120. The number of hydrogen-bond donors (Lipinski definition) is 1. The highest BCUT2D eigenvalue weighted by Crippen LogP contribution is 2.32. The van der Waals surface area contributed by atoms with Gasteiger partial charge in [0.15, 0.2) is 0 Å². The first-order valence-electron chi connectivity index (χ1n) is 6.55. The van der Waals surface area contributed by atoms with Gasteiger partial charge < -0.3 is 5.32 Å². The summed E-state index contributed by atoms with van der Waals surface area (Å²) < 4.78 is 14.9. The molecule has 102 valence electrons. The Morgan fingerprint density at radius 3 is 2.67 bits per heavy atom. The van der Waals surface area contributed by atoms with Crippen LogP contribution in [0.1, 0.15) is 46.1 Å². The van der Waals surface area contributed by atoms with E-state index in [4.69, 9.17) is 0 Å². The molecule has 0 saturated carbocycles. The van der Waals surface area contributed by atoms with Crippen LogP contribution in [0.15, 0.2) is 22.7 Å². The Kier molecular flexibility index (Phi) is 5.80. The van der Waals surface area contributed by atoms with E-state index in [1.165, 1.54) is 6.07 Å². The maximum absolute atomic E-state index is 13.9. The lowest BCUT2D eigenvalue weighted by Gasteiger charge is -2.29. The highest BCUT2D eigenvalue weighted by atomic mass is 79.9. The van der Waals surface area contributed by atoms with Crippen LogP contribution in [0.4, 0.5) is 4.39 Å². The molecule has 18 heavy (non-hydrogen) atoms. The Morgan fingerprint density at radius 1 is 1.39 bits per heavy atom. The van der Waals surface area contributed by atoms with E-state index in [1.54, 1.807) is 6.07 Å². The molecule has 0 aromatic heterocycles. The van der Waals surface area contributed by atoms with Crippen LogP contribution in [0.5, 0.6) is 0 Å². The molecule has 0 saturated heterocycles. The first-order chi connectivity index (χ1) is 8.36. The monoisotopic (exact) mass is 315 g/mol. The minimum Gasteiger partial charge on any atom is -0.314 e. The highest BCUT2D eigenvalue weighted by Gasteiger charge is 2.26. The van der Waals surface area contributed by atoms with Crippen molar-refractivity contribution in [1.29, 1.82) is 0 Å². The van der Waals surface area contributed by atoms with E-state index < -0.39 is 0 Å². The molecule has 0 radical (unpaired) electrons. The van der Waals surface area contributed by atoms with Crippen molar-refractivity contribution in [2.45, 2.75) is 52.0 Å². The maximum Gasteiger partial charge on any atom is 0.127 e. The molecule has 0 aliphatic heterocycles. The Labute approximate surface area is 118 Å². The predicted octanol–water partition coefficient (Wildman–Crippen LogP) is 4.64. The van der Waals surface area contributed by atoms with Gasteiger partial charge in [-0.05, 0) is 55.5 Å². The number of halogens is 2. The topological polar surface area (TPSA) is 12.0 Å². The zero-order valence-electron chi connectivity index (χ0n) is 11.7. The zero-order chi connectivity index (χ0) is 13.8. The molecule has 1 atom stereocenters. The van der Waals surface area contributed by atoms with Crippen LogP contribution in [0.2, 0.25) is 0 Å². The lowest BCUT2D eigenvalue weighted by atomic mass is 9.79. The van der Waals surface area contributed by atoms with Gasteiger partial charge in [0, 0.05) is 10.5 Å². The van der Waals surface area contributed by atoms with E-state index in [0.717, 1.165) is 29.4 Å². The molecule has 3 heteroatoms. The predicted molar refractivity (Wildman–Crippen MR) is 79.5 cm³/mol.